The molecule has 0 bridgehead atoms. The van der Waals surface area contributed by atoms with Gasteiger partial charge in [-0.05, 0) is 5.56 Å². The highest BCUT2D eigenvalue weighted by Crippen LogP contribution is 2.31. The maximum atomic E-state index is 14.5. The number of amidine groups is 1. The molecule has 28 heavy (non-hydrogen) atoms. The Labute approximate surface area is 161 Å². The fourth-order valence-electron chi connectivity index (χ4n) is 3.21. The van der Waals surface area contributed by atoms with Gasteiger partial charge in [0, 0.05) is 37.2 Å². The van der Waals surface area contributed by atoms with Gasteiger partial charge in [-0.15, -0.1) is 0 Å². The van der Waals surface area contributed by atoms with E-state index in [1.807, 2.05) is 30.3 Å². The number of hydrogen-bond donors (Lipinski definition) is 2. The van der Waals surface area contributed by atoms with Gasteiger partial charge in [0.1, 0.15) is 29.8 Å². The molecule has 1 fully saturated rings. The molecule has 6 nitrogen and oxygen atoms in total. The molecule has 0 spiro atoms. The fraction of sp³-hybridized carbons (Fsp3) is 0.300. The topological polar surface area (TPSA) is 72.0 Å². The molecule has 0 aromatic heterocycles. The summed E-state index contributed by atoms with van der Waals surface area (Å²) in [6.07, 6.45) is -0.696. The van der Waals surface area contributed by atoms with Gasteiger partial charge in [0.05, 0.1) is 13.2 Å². The van der Waals surface area contributed by atoms with E-state index in [0.29, 0.717) is 5.84 Å². The highest BCUT2D eigenvalue weighted by atomic mass is 19.1. The summed E-state index contributed by atoms with van der Waals surface area (Å²) < 4.78 is 39.2. The van der Waals surface area contributed by atoms with Crippen LogP contribution in [0.5, 0.6) is 5.75 Å². The zero-order valence-electron chi connectivity index (χ0n) is 15.5. The first-order valence-corrected chi connectivity index (χ1v) is 8.74. The molecule has 0 radical (unpaired) electrons. The molecule has 2 N–H and O–H groups in total. The molecule has 3 rings (SSSR count). The lowest BCUT2D eigenvalue weighted by Crippen LogP contribution is -2.43. The van der Waals surface area contributed by atoms with Crippen molar-refractivity contribution in [3.8, 4) is 5.75 Å². The van der Waals surface area contributed by atoms with E-state index in [9.17, 15) is 13.6 Å². The number of nitrogens with one attached hydrogen (secondary N) is 2. The van der Waals surface area contributed by atoms with Crippen LogP contribution in [0.25, 0.3) is 0 Å². The van der Waals surface area contributed by atoms with Crippen molar-refractivity contribution in [1.82, 2.24) is 10.6 Å². The van der Waals surface area contributed by atoms with Crippen molar-refractivity contribution < 1.29 is 23.0 Å². The Hall–Kier alpha value is -3.16. The predicted octanol–water partition coefficient (Wildman–Crippen LogP) is 2.98. The first kappa shape index (κ1) is 19.6. The summed E-state index contributed by atoms with van der Waals surface area (Å²) in [5.74, 6) is -1.66. The molecule has 0 unspecified atom stereocenters. The monoisotopic (exact) mass is 389 g/mol. The van der Waals surface area contributed by atoms with Gasteiger partial charge in [0.2, 0.25) is 0 Å². The molecule has 1 aliphatic heterocycles. The number of carbonyl (C=O) groups excluding carboxylic acids is 1. The summed E-state index contributed by atoms with van der Waals surface area (Å²) in [5.41, 5.74) is 0.690. The van der Waals surface area contributed by atoms with Gasteiger partial charge in [0.15, 0.2) is 0 Å². The average molecular weight is 389 g/mol. The van der Waals surface area contributed by atoms with Crippen LogP contribution in [0.1, 0.15) is 17.0 Å². The van der Waals surface area contributed by atoms with Crippen LogP contribution in [-0.4, -0.2) is 38.7 Å². The number of benzene rings is 2. The van der Waals surface area contributed by atoms with Crippen molar-refractivity contribution in [2.24, 2.45) is 4.99 Å². The molecule has 8 heteroatoms. The lowest BCUT2D eigenvalue weighted by Gasteiger charge is -2.21. The van der Waals surface area contributed by atoms with Gasteiger partial charge >= 0.3 is 6.09 Å². The molecule has 1 saturated heterocycles. The van der Waals surface area contributed by atoms with E-state index >= 15 is 0 Å². The van der Waals surface area contributed by atoms with Crippen LogP contribution in [0.15, 0.2) is 47.5 Å². The summed E-state index contributed by atoms with van der Waals surface area (Å²) in [5, 5.41) is 5.64. The van der Waals surface area contributed by atoms with Crippen molar-refractivity contribution >= 4 is 11.9 Å². The van der Waals surface area contributed by atoms with E-state index in [4.69, 9.17) is 9.47 Å². The Balaban J connectivity index is 1.76. The third kappa shape index (κ3) is 4.21. The van der Waals surface area contributed by atoms with E-state index in [0.717, 1.165) is 17.7 Å². The minimum atomic E-state index is -0.745. The minimum absolute atomic E-state index is 0.0841. The maximum absolute atomic E-state index is 14.5. The van der Waals surface area contributed by atoms with Gasteiger partial charge in [-0.25, -0.2) is 13.6 Å². The lowest BCUT2D eigenvalue weighted by atomic mass is 9.92. The number of halogens is 2. The van der Waals surface area contributed by atoms with Crippen LogP contribution in [0.4, 0.5) is 13.6 Å². The predicted molar refractivity (Wildman–Crippen MR) is 101 cm³/mol. The van der Waals surface area contributed by atoms with Gasteiger partial charge in [-0.3, -0.25) is 4.99 Å². The maximum Gasteiger partial charge on any atom is 0.408 e. The van der Waals surface area contributed by atoms with Gasteiger partial charge in [0.25, 0.3) is 0 Å². The standard InChI is InChI=1S/C20H21F2N3O3/c1-23-19-18(25-20(26)28-11-12-6-4-3-5-7-12)14(10-24-19)17-15(21)8-13(27-2)9-16(17)22/h3-9,14,18H,10-11H2,1-2H3,(H,23,24)(H,25,26)/t14-,18-/m0/s1. The number of amides is 1. The first-order chi connectivity index (χ1) is 13.5. The number of rotatable bonds is 5. The summed E-state index contributed by atoms with van der Waals surface area (Å²) in [6, 6.07) is 10.7. The van der Waals surface area contributed by atoms with Crippen LogP contribution in [-0.2, 0) is 11.3 Å². The smallest absolute Gasteiger partial charge is 0.408 e. The summed E-state index contributed by atoms with van der Waals surface area (Å²) in [7, 11) is 2.87. The van der Waals surface area contributed by atoms with E-state index < -0.39 is 29.7 Å². The van der Waals surface area contributed by atoms with Crippen molar-refractivity contribution in [3.63, 3.8) is 0 Å². The van der Waals surface area contributed by atoms with Crippen LogP contribution in [0.3, 0.4) is 0 Å². The lowest BCUT2D eigenvalue weighted by molar-refractivity contribution is 0.137. The normalized spacial score (nSPS) is 19.9. The number of nitrogens with zero attached hydrogens (tertiary/aromatic N) is 1. The number of carbonyl (C=O) groups is 1. The van der Waals surface area contributed by atoms with Crippen LogP contribution < -0.4 is 15.4 Å². The molecule has 0 aliphatic carbocycles. The number of ether oxygens (including phenoxy) is 2. The third-order valence-corrected chi connectivity index (χ3v) is 4.59. The second-order valence-electron chi connectivity index (χ2n) is 6.28. The van der Waals surface area contributed by atoms with Crippen molar-refractivity contribution in [2.45, 2.75) is 18.6 Å². The van der Waals surface area contributed by atoms with E-state index in [-0.39, 0.29) is 24.5 Å². The molecule has 1 amide bonds. The second kappa shape index (κ2) is 8.69. The van der Waals surface area contributed by atoms with Crippen LogP contribution in [0.2, 0.25) is 0 Å². The molecule has 1 heterocycles. The Morgan fingerprint density at radius 2 is 1.93 bits per heavy atom. The Morgan fingerprint density at radius 1 is 1.25 bits per heavy atom. The molecule has 2 aromatic carbocycles. The Bertz CT molecular complexity index is 851. The van der Waals surface area contributed by atoms with Crippen LogP contribution in [0, 0.1) is 11.6 Å². The Kier molecular flexibility index (Phi) is 6.08. The fourth-order valence-corrected chi connectivity index (χ4v) is 3.21. The average Bonchev–Trinajstić information content (AvgIpc) is 3.08. The quantitative estimate of drug-likeness (QED) is 0.825. The molecule has 1 aliphatic rings. The number of aliphatic imine (C=N–C) groups is 1. The van der Waals surface area contributed by atoms with Gasteiger partial charge < -0.3 is 20.1 Å². The molecule has 148 valence electrons. The SMILES string of the molecule is CN=C1NC[C@@H](c2c(F)cc(OC)cc2F)[C@@H]1NC(=O)OCc1ccccc1. The molecular formula is C20H21F2N3O3. The van der Waals surface area contributed by atoms with Crippen molar-refractivity contribution in [3.05, 3.63) is 65.2 Å². The first-order valence-electron chi connectivity index (χ1n) is 8.74. The van der Waals surface area contributed by atoms with E-state index in [2.05, 4.69) is 15.6 Å². The zero-order valence-corrected chi connectivity index (χ0v) is 15.5. The molecule has 2 aromatic rings. The van der Waals surface area contributed by atoms with Crippen molar-refractivity contribution in [1.29, 1.82) is 0 Å². The summed E-state index contributed by atoms with van der Waals surface area (Å²) in [6.45, 7) is 0.303. The van der Waals surface area contributed by atoms with E-state index in [1.165, 1.54) is 14.2 Å². The summed E-state index contributed by atoms with van der Waals surface area (Å²) in [4.78, 5) is 16.3. The third-order valence-electron chi connectivity index (χ3n) is 4.59. The second-order valence-corrected chi connectivity index (χ2v) is 6.28. The number of alkyl carbamates (subject to hydrolysis) is 1. The zero-order chi connectivity index (χ0) is 20.1. The molecular weight excluding hydrogens is 368 g/mol. The van der Waals surface area contributed by atoms with Crippen molar-refractivity contribution in [2.75, 3.05) is 20.7 Å². The molecule has 0 saturated carbocycles. The highest BCUT2D eigenvalue weighted by molar-refractivity contribution is 5.93. The minimum Gasteiger partial charge on any atom is -0.497 e. The largest absolute Gasteiger partial charge is 0.497 e. The molecule has 2 atom stereocenters. The van der Waals surface area contributed by atoms with E-state index in [1.54, 1.807) is 0 Å². The summed E-state index contributed by atoms with van der Waals surface area (Å²) >= 11 is 0. The highest BCUT2D eigenvalue weighted by Gasteiger charge is 2.38. The number of hydrogen-bond acceptors (Lipinski definition) is 4. The van der Waals surface area contributed by atoms with Gasteiger partial charge in [-0.1, -0.05) is 30.3 Å². The van der Waals surface area contributed by atoms with Gasteiger partial charge in [-0.2, -0.15) is 0 Å². The number of methoxy groups -OCH3 is 1. The Morgan fingerprint density at radius 3 is 2.54 bits per heavy atom. The van der Waals surface area contributed by atoms with Crippen LogP contribution >= 0.6 is 0 Å².